The van der Waals surface area contributed by atoms with Crippen molar-refractivity contribution in [2.75, 3.05) is 5.32 Å². The Labute approximate surface area is 118 Å². The van der Waals surface area contributed by atoms with Gasteiger partial charge in [-0.25, -0.2) is 14.4 Å². The Morgan fingerprint density at radius 3 is 2.72 bits per heavy atom. The lowest BCUT2D eigenvalue weighted by molar-refractivity contribution is 0.631. The zero-order valence-corrected chi connectivity index (χ0v) is 12.1. The summed E-state index contributed by atoms with van der Waals surface area (Å²) in [5.74, 6) is 0.679. The first-order valence-corrected chi connectivity index (χ1v) is 6.37. The van der Waals surface area contributed by atoms with Gasteiger partial charge in [0, 0.05) is 10.0 Å². The van der Waals surface area contributed by atoms with Gasteiger partial charge < -0.3 is 5.32 Å². The van der Waals surface area contributed by atoms with Crippen LogP contribution in [-0.4, -0.2) is 9.97 Å². The van der Waals surface area contributed by atoms with E-state index in [1.165, 1.54) is 6.07 Å². The van der Waals surface area contributed by atoms with Crippen LogP contribution in [-0.2, 0) is 0 Å². The minimum atomic E-state index is -0.356. The van der Waals surface area contributed by atoms with Gasteiger partial charge in [0.15, 0.2) is 0 Å². The molecule has 1 aromatic heterocycles. The number of anilines is 2. The number of rotatable bonds is 2. The number of nitrogens with one attached hydrogen (secondary N) is 1. The molecule has 1 heterocycles. The fraction of sp³-hybridized carbons (Fsp3) is 0.167. The van der Waals surface area contributed by atoms with Gasteiger partial charge in [-0.2, -0.15) is 0 Å². The highest BCUT2D eigenvalue weighted by Crippen LogP contribution is 2.26. The standard InChI is InChI=1S/C12H10BrClFN3/c1-6-11(14)16-7(2)17-12(6)18-10-5-8(13)3-4-9(10)15/h3-5H,1-2H3,(H,16,17,18). The molecule has 2 aromatic rings. The first kappa shape index (κ1) is 13.2. The van der Waals surface area contributed by atoms with Crippen LogP contribution in [0.4, 0.5) is 15.9 Å². The van der Waals surface area contributed by atoms with Crippen molar-refractivity contribution in [3.8, 4) is 0 Å². The zero-order chi connectivity index (χ0) is 13.3. The van der Waals surface area contributed by atoms with E-state index in [0.717, 1.165) is 4.47 Å². The molecule has 0 aliphatic carbocycles. The quantitative estimate of drug-likeness (QED) is 0.830. The molecule has 0 atom stereocenters. The maximum absolute atomic E-state index is 13.6. The van der Waals surface area contributed by atoms with Crippen molar-refractivity contribution in [1.82, 2.24) is 9.97 Å². The van der Waals surface area contributed by atoms with Crippen molar-refractivity contribution in [3.05, 3.63) is 45.0 Å². The van der Waals surface area contributed by atoms with E-state index in [1.54, 1.807) is 26.0 Å². The molecule has 3 nitrogen and oxygen atoms in total. The van der Waals surface area contributed by atoms with Crippen LogP contribution in [0, 0.1) is 19.7 Å². The first-order valence-electron chi connectivity index (χ1n) is 5.20. The van der Waals surface area contributed by atoms with E-state index in [0.29, 0.717) is 28.0 Å². The van der Waals surface area contributed by atoms with Crippen molar-refractivity contribution in [1.29, 1.82) is 0 Å². The number of aromatic nitrogens is 2. The van der Waals surface area contributed by atoms with Crippen LogP contribution >= 0.6 is 27.5 Å². The highest BCUT2D eigenvalue weighted by atomic mass is 79.9. The molecule has 1 aromatic carbocycles. The number of hydrogen-bond donors (Lipinski definition) is 1. The summed E-state index contributed by atoms with van der Waals surface area (Å²) >= 11 is 9.25. The first-order chi connectivity index (χ1) is 8.47. The molecule has 0 radical (unpaired) electrons. The molecule has 0 bridgehead atoms. The minimum Gasteiger partial charge on any atom is -0.337 e. The van der Waals surface area contributed by atoms with Crippen molar-refractivity contribution >= 4 is 39.0 Å². The van der Waals surface area contributed by atoms with Crippen LogP contribution < -0.4 is 5.32 Å². The Morgan fingerprint density at radius 1 is 1.28 bits per heavy atom. The molecule has 94 valence electrons. The van der Waals surface area contributed by atoms with Crippen LogP contribution in [0.3, 0.4) is 0 Å². The van der Waals surface area contributed by atoms with Crippen LogP contribution in [0.15, 0.2) is 22.7 Å². The SMILES string of the molecule is Cc1nc(Cl)c(C)c(Nc2cc(Br)ccc2F)n1. The van der Waals surface area contributed by atoms with Gasteiger partial charge in [0.25, 0.3) is 0 Å². The predicted molar refractivity (Wildman–Crippen MR) is 73.9 cm³/mol. The largest absolute Gasteiger partial charge is 0.337 e. The summed E-state index contributed by atoms with van der Waals surface area (Å²) in [5, 5.41) is 3.28. The number of nitrogens with zero attached hydrogens (tertiary/aromatic N) is 2. The third kappa shape index (κ3) is 2.79. The van der Waals surface area contributed by atoms with Crippen molar-refractivity contribution < 1.29 is 4.39 Å². The van der Waals surface area contributed by atoms with Crippen molar-refractivity contribution in [2.24, 2.45) is 0 Å². The second-order valence-electron chi connectivity index (χ2n) is 3.78. The smallest absolute Gasteiger partial charge is 0.146 e. The van der Waals surface area contributed by atoms with E-state index < -0.39 is 0 Å². The molecule has 0 saturated carbocycles. The van der Waals surface area contributed by atoms with Crippen LogP contribution in [0.2, 0.25) is 5.15 Å². The fourth-order valence-electron chi connectivity index (χ4n) is 1.44. The lowest BCUT2D eigenvalue weighted by atomic mass is 10.3. The maximum atomic E-state index is 13.6. The molecule has 0 aliphatic rings. The Balaban J connectivity index is 2.43. The highest BCUT2D eigenvalue weighted by molar-refractivity contribution is 9.10. The lowest BCUT2D eigenvalue weighted by Crippen LogP contribution is -2.02. The Morgan fingerprint density at radius 2 is 2.00 bits per heavy atom. The normalized spacial score (nSPS) is 10.5. The second-order valence-corrected chi connectivity index (χ2v) is 5.06. The van der Waals surface area contributed by atoms with Gasteiger partial charge in [-0.3, -0.25) is 0 Å². The summed E-state index contributed by atoms with van der Waals surface area (Å²) in [4.78, 5) is 8.24. The van der Waals surface area contributed by atoms with Gasteiger partial charge in [-0.05, 0) is 32.0 Å². The molecular formula is C12H10BrClFN3. The summed E-state index contributed by atoms with van der Waals surface area (Å²) < 4.78 is 14.4. The topological polar surface area (TPSA) is 37.8 Å². The molecule has 0 fully saturated rings. The van der Waals surface area contributed by atoms with Gasteiger partial charge >= 0.3 is 0 Å². The summed E-state index contributed by atoms with van der Waals surface area (Å²) in [6.07, 6.45) is 0. The van der Waals surface area contributed by atoms with E-state index in [4.69, 9.17) is 11.6 Å². The molecule has 0 unspecified atom stereocenters. The molecule has 0 amide bonds. The molecule has 1 N–H and O–H groups in total. The third-order valence-corrected chi connectivity index (χ3v) is 3.24. The lowest BCUT2D eigenvalue weighted by Gasteiger charge is -2.11. The minimum absolute atomic E-state index is 0.335. The summed E-state index contributed by atoms with van der Waals surface area (Å²) in [7, 11) is 0. The van der Waals surface area contributed by atoms with E-state index in [2.05, 4.69) is 31.2 Å². The van der Waals surface area contributed by atoms with Gasteiger partial charge in [-0.1, -0.05) is 27.5 Å². The summed E-state index contributed by atoms with van der Waals surface area (Å²) in [5.41, 5.74) is 1.02. The zero-order valence-electron chi connectivity index (χ0n) is 9.76. The van der Waals surface area contributed by atoms with Crippen LogP contribution in [0.25, 0.3) is 0 Å². The number of hydrogen-bond acceptors (Lipinski definition) is 3. The Kier molecular flexibility index (Phi) is 3.82. The second kappa shape index (κ2) is 5.20. The van der Waals surface area contributed by atoms with Gasteiger partial charge in [0.1, 0.15) is 22.6 Å². The molecule has 0 saturated heterocycles. The predicted octanol–water partition coefficient (Wildman–Crippen LogP) is 4.39. The average Bonchev–Trinajstić information content (AvgIpc) is 2.30. The van der Waals surface area contributed by atoms with Gasteiger partial charge in [-0.15, -0.1) is 0 Å². The monoisotopic (exact) mass is 329 g/mol. The number of halogens is 3. The molecule has 0 spiro atoms. The summed E-state index contributed by atoms with van der Waals surface area (Å²) in [6, 6.07) is 4.64. The van der Waals surface area contributed by atoms with Gasteiger partial charge in [0.05, 0.1) is 5.69 Å². The Bertz CT molecular complexity index is 604. The van der Waals surface area contributed by atoms with Crippen molar-refractivity contribution in [2.45, 2.75) is 13.8 Å². The molecule has 0 aliphatic heterocycles. The molecular weight excluding hydrogens is 321 g/mol. The fourth-order valence-corrected chi connectivity index (χ4v) is 2.01. The summed E-state index contributed by atoms with van der Waals surface area (Å²) in [6.45, 7) is 3.51. The average molecular weight is 331 g/mol. The van der Waals surface area contributed by atoms with Crippen molar-refractivity contribution in [3.63, 3.8) is 0 Å². The van der Waals surface area contributed by atoms with E-state index in [9.17, 15) is 4.39 Å². The van der Waals surface area contributed by atoms with E-state index in [-0.39, 0.29) is 5.82 Å². The van der Waals surface area contributed by atoms with Gasteiger partial charge in [0.2, 0.25) is 0 Å². The van der Waals surface area contributed by atoms with Crippen LogP contribution in [0.1, 0.15) is 11.4 Å². The third-order valence-electron chi connectivity index (χ3n) is 2.38. The number of aryl methyl sites for hydroxylation is 1. The van der Waals surface area contributed by atoms with E-state index in [1.807, 2.05) is 0 Å². The molecule has 18 heavy (non-hydrogen) atoms. The number of benzene rings is 1. The molecule has 2 rings (SSSR count). The Hall–Kier alpha value is -1.20. The molecule has 6 heteroatoms. The highest BCUT2D eigenvalue weighted by Gasteiger charge is 2.10. The van der Waals surface area contributed by atoms with E-state index >= 15 is 0 Å². The van der Waals surface area contributed by atoms with Crippen LogP contribution in [0.5, 0.6) is 0 Å². The maximum Gasteiger partial charge on any atom is 0.146 e.